The van der Waals surface area contributed by atoms with Crippen molar-refractivity contribution in [1.29, 1.82) is 0 Å². The minimum Gasteiger partial charge on any atom is -0.465 e. The lowest BCUT2D eigenvalue weighted by Crippen LogP contribution is -2.38. The molecule has 0 aliphatic carbocycles. The summed E-state index contributed by atoms with van der Waals surface area (Å²) in [4.78, 5) is 13.9. The Balaban J connectivity index is 2.71. The molecule has 0 bridgehead atoms. The predicted molar refractivity (Wildman–Crippen MR) is 77.9 cm³/mol. The Morgan fingerprint density at radius 1 is 1.16 bits per heavy atom. The fraction of sp³-hybridized carbons (Fsp3) is 0.562. The van der Waals surface area contributed by atoms with E-state index >= 15 is 0 Å². The monoisotopic (exact) mass is 263 g/mol. The summed E-state index contributed by atoms with van der Waals surface area (Å²) in [5, 5.41) is 0. The smallest absolute Gasteiger partial charge is 0.320 e. The molecule has 0 heterocycles. The van der Waals surface area contributed by atoms with E-state index in [4.69, 9.17) is 4.74 Å². The Kier molecular flexibility index (Phi) is 7.19. The van der Waals surface area contributed by atoms with Crippen molar-refractivity contribution in [3.63, 3.8) is 0 Å². The van der Waals surface area contributed by atoms with Crippen molar-refractivity contribution in [1.82, 2.24) is 4.90 Å². The van der Waals surface area contributed by atoms with Crippen LogP contribution in [-0.4, -0.2) is 30.1 Å². The number of carbonyl (C=O) groups is 1. The molecule has 3 nitrogen and oxygen atoms in total. The van der Waals surface area contributed by atoms with Crippen LogP contribution in [0.2, 0.25) is 0 Å². The summed E-state index contributed by atoms with van der Waals surface area (Å²) in [6.07, 6.45) is 2.09. The van der Waals surface area contributed by atoms with E-state index in [1.807, 2.05) is 25.1 Å². The maximum atomic E-state index is 11.7. The number of rotatable bonds is 8. The van der Waals surface area contributed by atoms with Gasteiger partial charge in [0.2, 0.25) is 0 Å². The maximum absolute atomic E-state index is 11.7. The second-order valence-electron chi connectivity index (χ2n) is 4.67. The zero-order chi connectivity index (χ0) is 14.1. The molecule has 0 fully saturated rings. The molecule has 0 aliphatic heterocycles. The van der Waals surface area contributed by atoms with E-state index in [-0.39, 0.29) is 5.97 Å². The summed E-state index contributed by atoms with van der Waals surface area (Å²) < 4.78 is 5.07. The van der Waals surface area contributed by atoms with Gasteiger partial charge in [-0.2, -0.15) is 0 Å². The molecule has 0 aliphatic rings. The number of carbonyl (C=O) groups excluding carboxylic acids is 1. The molecule has 1 rings (SSSR count). The van der Waals surface area contributed by atoms with Crippen LogP contribution in [0.3, 0.4) is 0 Å². The van der Waals surface area contributed by atoms with Gasteiger partial charge in [-0.3, -0.25) is 9.69 Å². The van der Waals surface area contributed by atoms with Crippen molar-refractivity contribution in [2.75, 3.05) is 13.2 Å². The first-order valence-electron chi connectivity index (χ1n) is 7.14. The van der Waals surface area contributed by atoms with Crippen LogP contribution in [0.15, 0.2) is 30.3 Å². The zero-order valence-electron chi connectivity index (χ0n) is 12.3. The highest BCUT2D eigenvalue weighted by Gasteiger charge is 2.19. The Morgan fingerprint density at radius 3 is 2.32 bits per heavy atom. The van der Waals surface area contributed by atoms with Gasteiger partial charge >= 0.3 is 5.97 Å². The number of hydrogen-bond acceptors (Lipinski definition) is 3. The van der Waals surface area contributed by atoms with Gasteiger partial charge in [0.25, 0.3) is 0 Å². The van der Waals surface area contributed by atoms with Crippen LogP contribution in [0.4, 0.5) is 0 Å². The fourth-order valence-corrected chi connectivity index (χ4v) is 2.31. The van der Waals surface area contributed by atoms with Crippen molar-refractivity contribution in [2.24, 2.45) is 0 Å². The van der Waals surface area contributed by atoms with Gasteiger partial charge in [0.15, 0.2) is 0 Å². The number of esters is 1. The molecule has 1 aromatic carbocycles. The third-order valence-electron chi connectivity index (χ3n) is 3.32. The molecule has 0 aromatic heterocycles. The van der Waals surface area contributed by atoms with Crippen LogP contribution in [0.25, 0.3) is 0 Å². The van der Waals surface area contributed by atoms with Crippen molar-refractivity contribution in [3.8, 4) is 0 Å². The summed E-state index contributed by atoms with van der Waals surface area (Å²) in [5.41, 5.74) is 1.23. The average Bonchev–Trinajstić information content (AvgIpc) is 2.41. The minimum absolute atomic E-state index is 0.134. The quantitative estimate of drug-likeness (QED) is 0.674. The average molecular weight is 263 g/mol. The van der Waals surface area contributed by atoms with E-state index in [0.29, 0.717) is 19.2 Å². The lowest BCUT2D eigenvalue weighted by Gasteiger charge is -2.29. The first-order chi connectivity index (χ1) is 9.21. The Morgan fingerprint density at radius 2 is 1.79 bits per heavy atom. The Hall–Kier alpha value is -1.35. The summed E-state index contributed by atoms with van der Waals surface area (Å²) in [6.45, 7) is 7.78. The molecule has 0 N–H and O–H groups in total. The fourth-order valence-electron chi connectivity index (χ4n) is 2.31. The second kappa shape index (κ2) is 8.70. The van der Waals surface area contributed by atoms with Gasteiger partial charge in [0.05, 0.1) is 13.2 Å². The Labute approximate surface area is 116 Å². The molecule has 0 radical (unpaired) electrons. The van der Waals surface area contributed by atoms with Gasteiger partial charge < -0.3 is 4.74 Å². The van der Waals surface area contributed by atoms with Crippen molar-refractivity contribution in [3.05, 3.63) is 35.9 Å². The molecular weight excluding hydrogens is 238 g/mol. The maximum Gasteiger partial charge on any atom is 0.320 e. The van der Waals surface area contributed by atoms with Crippen molar-refractivity contribution in [2.45, 2.75) is 46.2 Å². The molecule has 0 spiro atoms. The van der Waals surface area contributed by atoms with Crippen LogP contribution in [0.1, 0.15) is 39.2 Å². The first kappa shape index (κ1) is 15.7. The molecule has 106 valence electrons. The molecule has 1 aromatic rings. The molecular formula is C16H25NO2. The molecule has 3 heteroatoms. The first-order valence-corrected chi connectivity index (χ1v) is 7.14. The topological polar surface area (TPSA) is 29.5 Å². The molecule has 0 unspecified atom stereocenters. The number of hydrogen-bond donors (Lipinski definition) is 0. The van der Waals surface area contributed by atoms with Crippen LogP contribution >= 0.6 is 0 Å². The van der Waals surface area contributed by atoms with Crippen molar-refractivity contribution >= 4 is 5.97 Å². The normalized spacial score (nSPS) is 11.0. The van der Waals surface area contributed by atoms with Crippen LogP contribution in [-0.2, 0) is 16.1 Å². The van der Waals surface area contributed by atoms with Gasteiger partial charge in [0.1, 0.15) is 0 Å². The lowest BCUT2D eigenvalue weighted by molar-refractivity contribution is -0.145. The van der Waals surface area contributed by atoms with Gasteiger partial charge in [-0.15, -0.1) is 0 Å². The van der Waals surface area contributed by atoms with Gasteiger partial charge in [0, 0.05) is 12.6 Å². The van der Waals surface area contributed by atoms with Gasteiger partial charge in [-0.05, 0) is 25.3 Å². The number of benzene rings is 1. The van der Waals surface area contributed by atoms with Crippen LogP contribution < -0.4 is 0 Å². The largest absolute Gasteiger partial charge is 0.465 e. The van der Waals surface area contributed by atoms with E-state index < -0.39 is 0 Å². The van der Waals surface area contributed by atoms with Crippen LogP contribution in [0, 0.1) is 0 Å². The second-order valence-corrected chi connectivity index (χ2v) is 4.67. The highest BCUT2D eigenvalue weighted by Crippen LogP contribution is 2.13. The number of nitrogens with zero attached hydrogens (tertiary/aromatic N) is 1. The summed E-state index contributed by atoms with van der Waals surface area (Å²) in [7, 11) is 0. The highest BCUT2D eigenvalue weighted by atomic mass is 16.5. The molecule has 0 atom stereocenters. The van der Waals surface area contributed by atoms with E-state index in [1.165, 1.54) is 5.56 Å². The third kappa shape index (κ3) is 5.43. The highest BCUT2D eigenvalue weighted by molar-refractivity contribution is 5.71. The van der Waals surface area contributed by atoms with Crippen LogP contribution in [0.5, 0.6) is 0 Å². The third-order valence-corrected chi connectivity index (χ3v) is 3.32. The van der Waals surface area contributed by atoms with E-state index in [0.717, 1.165) is 19.4 Å². The predicted octanol–water partition coefficient (Wildman–Crippen LogP) is 3.24. The summed E-state index contributed by atoms with van der Waals surface area (Å²) in [5.74, 6) is -0.134. The molecule has 0 saturated carbocycles. The number of ether oxygens (including phenoxy) is 1. The SMILES string of the molecule is CCOC(=O)CN(Cc1ccccc1)C(CC)CC. The summed E-state index contributed by atoms with van der Waals surface area (Å²) >= 11 is 0. The standard InChI is InChI=1S/C16H25NO2/c1-4-15(5-2)17(13-16(18)19-6-3)12-14-10-8-7-9-11-14/h7-11,15H,4-6,12-13H2,1-3H3. The lowest BCUT2D eigenvalue weighted by atomic mass is 10.1. The molecule has 0 amide bonds. The van der Waals surface area contributed by atoms with Gasteiger partial charge in [-0.25, -0.2) is 0 Å². The minimum atomic E-state index is -0.134. The van der Waals surface area contributed by atoms with E-state index in [1.54, 1.807) is 0 Å². The molecule has 19 heavy (non-hydrogen) atoms. The Bertz CT molecular complexity index is 360. The van der Waals surface area contributed by atoms with Crippen molar-refractivity contribution < 1.29 is 9.53 Å². The zero-order valence-corrected chi connectivity index (χ0v) is 12.3. The van der Waals surface area contributed by atoms with E-state index in [9.17, 15) is 4.79 Å². The molecule has 0 saturated heterocycles. The van der Waals surface area contributed by atoms with E-state index in [2.05, 4.69) is 30.9 Å². The van der Waals surface area contributed by atoms with Gasteiger partial charge in [-0.1, -0.05) is 44.2 Å². The summed E-state index contributed by atoms with van der Waals surface area (Å²) in [6, 6.07) is 10.7.